The van der Waals surface area contributed by atoms with Gasteiger partial charge in [-0.3, -0.25) is 4.90 Å². The second-order valence-electron chi connectivity index (χ2n) is 7.31. The minimum atomic E-state index is -1.63. The largest absolute Gasteiger partial charge is 0.466 e. The third kappa shape index (κ3) is 2.60. The molecule has 1 N–H and O–H groups in total. The number of carbonyl (C=O) groups excluding carboxylic acids is 1. The molecule has 3 aliphatic heterocycles. The van der Waals surface area contributed by atoms with Crippen LogP contribution in [0.5, 0.6) is 0 Å². The highest BCUT2D eigenvalue weighted by Gasteiger charge is 2.51. The normalized spacial score (nSPS) is 33.5. The zero-order valence-electron chi connectivity index (χ0n) is 13.4. The van der Waals surface area contributed by atoms with Crippen LogP contribution in [-0.2, 0) is 15.1 Å². The summed E-state index contributed by atoms with van der Waals surface area (Å²) in [6.07, 6.45) is 7.35. The Bertz CT molecular complexity index is 543. The van der Waals surface area contributed by atoms with Crippen molar-refractivity contribution in [1.82, 2.24) is 4.90 Å². The van der Waals surface area contributed by atoms with Crippen molar-refractivity contribution >= 4 is 5.97 Å². The summed E-state index contributed by atoms with van der Waals surface area (Å²) in [5.41, 5.74) is -1.63. The van der Waals surface area contributed by atoms with E-state index < -0.39 is 11.6 Å². The molecule has 2 atom stereocenters. The van der Waals surface area contributed by atoms with Crippen LogP contribution in [0, 0.1) is 11.8 Å². The molecule has 1 aromatic heterocycles. The van der Waals surface area contributed by atoms with E-state index in [1.165, 1.54) is 6.26 Å². The van der Waals surface area contributed by atoms with E-state index in [1.54, 1.807) is 12.1 Å². The standard InChI is InChI=1S/C18H25NO4/c20-17(23-15-12-19-9-7-13(15)8-10-19)18(21,14-4-1-2-5-14)16-6-3-11-22-16/h3,6,11,13-15,21H,1-2,4-5,7-10,12H2/t15?,18-/m0/s1. The lowest BCUT2D eigenvalue weighted by atomic mass is 9.82. The van der Waals surface area contributed by atoms with Crippen LogP contribution in [-0.4, -0.2) is 41.7 Å². The van der Waals surface area contributed by atoms with Crippen LogP contribution < -0.4 is 0 Å². The maximum absolute atomic E-state index is 12.9. The summed E-state index contributed by atoms with van der Waals surface area (Å²) in [6, 6.07) is 3.41. The van der Waals surface area contributed by atoms with Crippen LogP contribution >= 0.6 is 0 Å². The van der Waals surface area contributed by atoms with Crippen LogP contribution in [0.1, 0.15) is 44.3 Å². The lowest BCUT2D eigenvalue weighted by Gasteiger charge is -2.44. The third-order valence-electron chi connectivity index (χ3n) is 6.01. The molecule has 2 bridgehead atoms. The molecular weight excluding hydrogens is 294 g/mol. The number of esters is 1. The fourth-order valence-corrected chi connectivity index (χ4v) is 4.58. The average Bonchev–Trinajstić information content (AvgIpc) is 3.29. The SMILES string of the molecule is O=C(OC1CN2CCC1CC2)[C@@](O)(c1ccco1)C1CCCC1. The maximum atomic E-state index is 12.9. The lowest BCUT2D eigenvalue weighted by Crippen LogP contribution is -2.54. The number of aliphatic hydroxyl groups is 1. The summed E-state index contributed by atoms with van der Waals surface area (Å²) < 4.78 is 11.3. The smallest absolute Gasteiger partial charge is 0.346 e. The van der Waals surface area contributed by atoms with E-state index in [4.69, 9.17) is 9.15 Å². The number of piperidine rings is 3. The van der Waals surface area contributed by atoms with Gasteiger partial charge in [-0.25, -0.2) is 4.79 Å². The van der Waals surface area contributed by atoms with Gasteiger partial charge in [0.25, 0.3) is 0 Å². The molecule has 23 heavy (non-hydrogen) atoms. The van der Waals surface area contributed by atoms with Crippen LogP contribution in [0.3, 0.4) is 0 Å². The first kappa shape index (κ1) is 15.2. The van der Waals surface area contributed by atoms with E-state index in [-0.39, 0.29) is 12.0 Å². The lowest BCUT2D eigenvalue weighted by molar-refractivity contribution is -0.190. The average molecular weight is 319 g/mol. The number of furan rings is 1. The zero-order valence-corrected chi connectivity index (χ0v) is 13.4. The molecule has 1 aliphatic carbocycles. The quantitative estimate of drug-likeness (QED) is 0.863. The van der Waals surface area contributed by atoms with E-state index in [0.29, 0.717) is 11.7 Å². The maximum Gasteiger partial charge on any atom is 0.346 e. The fourth-order valence-electron chi connectivity index (χ4n) is 4.58. The number of nitrogens with zero attached hydrogens (tertiary/aromatic N) is 1. The molecule has 4 fully saturated rings. The molecule has 4 heterocycles. The second kappa shape index (κ2) is 5.95. The van der Waals surface area contributed by atoms with Crippen molar-refractivity contribution < 1.29 is 19.1 Å². The summed E-state index contributed by atoms with van der Waals surface area (Å²) >= 11 is 0. The number of ether oxygens (including phenoxy) is 1. The summed E-state index contributed by atoms with van der Waals surface area (Å²) in [7, 11) is 0. The molecule has 0 spiro atoms. The van der Waals surface area contributed by atoms with E-state index >= 15 is 0 Å². The predicted octanol–water partition coefficient (Wildman–Crippen LogP) is 2.29. The van der Waals surface area contributed by atoms with E-state index in [0.717, 1.165) is 58.2 Å². The Morgan fingerprint density at radius 2 is 2.00 bits per heavy atom. The number of rotatable bonds is 4. The van der Waals surface area contributed by atoms with Gasteiger partial charge in [-0.15, -0.1) is 0 Å². The Morgan fingerprint density at radius 3 is 2.57 bits per heavy atom. The minimum absolute atomic E-state index is 0.0899. The van der Waals surface area contributed by atoms with Gasteiger partial charge < -0.3 is 14.3 Å². The molecule has 0 radical (unpaired) electrons. The van der Waals surface area contributed by atoms with Crippen molar-refractivity contribution in [2.45, 2.75) is 50.2 Å². The van der Waals surface area contributed by atoms with Gasteiger partial charge in [0.05, 0.1) is 6.26 Å². The van der Waals surface area contributed by atoms with Crippen molar-refractivity contribution in [2.75, 3.05) is 19.6 Å². The molecule has 5 nitrogen and oxygen atoms in total. The highest BCUT2D eigenvalue weighted by molar-refractivity contribution is 5.81. The number of carbonyl (C=O) groups is 1. The monoisotopic (exact) mass is 319 g/mol. The van der Waals surface area contributed by atoms with Gasteiger partial charge in [0.2, 0.25) is 5.60 Å². The Hall–Kier alpha value is -1.33. The Balaban J connectivity index is 1.55. The molecule has 126 valence electrons. The van der Waals surface area contributed by atoms with E-state index in [1.807, 2.05) is 0 Å². The molecule has 0 amide bonds. The zero-order chi connectivity index (χ0) is 15.9. The summed E-state index contributed by atoms with van der Waals surface area (Å²) in [4.78, 5) is 15.3. The molecule has 3 saturated heterocycles. The van der Waals surface area contributed by atoms with Gasteiger partial charge in [-0.2, -0.15) is 0 Å². The molecule has 1 saturated carbocycles. The molecule has 1 unspecified atom stereocenters. The third-order valence-corrected chi connectivity index (χ3v) is 6.01. The highest BCUT2D eigenvalue weighted by atomic mass is 16.6. The first-order chi connectivity index (χ1) is 11.2. The first-order valence-corrected chi connectivity index (χ1v) is 8.87. The fraction of sp³-hybridized carbons (Fsp3) is 0.722. The van der Waals surface area contributed by atoms with Crippen molar-refractivity contribution in [2.24, 2.45) is 11.8 Å². The Morgan fingerprint density at radius 1 is 1.26 bits per heavy atom. The van der Waals surface area contributed by atoms with Crippen molar-refractivity contribution in [3.8, 4) is 0 Å². The number of hydrogen-bond donors (Lipinski definition) is 1. The van der Waals surface area contributed by atoms with Crippen LogP contribution in [0.25, 0.3) is 0 Å². The van der Waals surface area contributed by atoms with Gasteiger partial charge in [-0.1, -0.05) is 12.8 Å². The Labute approximate surface area is 136 Å². The van der Waals surface area contributed by atoms with Gasteiger partial charge in [0, 0.05) is 12.5 Å². The van der Waals surface area contributed by atoms with Crippen molar-refractivity contribution in [1.29, 1.82) is 0 Å². The van der Waals surface area contributed by atoms with Gasteiger partial charge >= 0.3 is 5.97 Å². The molecule has 5 rings (SSSR count). The van der Waals surface area contributed by atoms with Gasteiger partial charge in [0.15, 0.2) is 0 Å². The molecule has 4 aliphatic rings. The topological polar surface area (TPSA) is 62.9 Å². The van der Waals surface area contributed by atoms with Crippen LogP contribution in [0.15, 0.2) is 22.8 Å². The number of hydrogen-bond acceptors (Lipinski definition) is 5. The number of fused-ring (bicyclic) bond motifs is 3. The van der Waals surface area contributed by atoms with Crippen LogP contribution in [0.2, 0.25) is 0 Å². The predicted molar refractivity (Wildman–Crippen MR) is 83.6 cm³/mol. The van der Waals surface area contributed by atoms with E-state index in [9.17, 15) is 9.90 Å². The van der Waals surface area contributed by atoms with E-state index in [2.05, 4.69) is 4.90 Å². The van der Waals surface area contributed by atoms with Crippen molar-refractivity contribution in [3.05, 3.63) is 24.2 Å². The van der Waals surface area contributed by atoms with Gasteiger partial charge in [-0.05, 0) is 56.8 Å². The van der Waals surface area contributed by atoms with Crippen molar-refractivity contribution in [3.63, 3.8) is 0 Å². The summed E-state index contributed by atoms with van der Waals surface area (Å²) in [5, 5.41) is 11.3. The molecular formula is C18H25NO4. The molecule has 5 heteroatoms. The highest BCUT2D eigenvalue weighted by Crippen LogP contribution is 2.42. The second-order valence-corrected chi connectivity index (χ2v) is 7.31. The minimum Gasteiger partial charge on any atom is -0.466 e. The van der Waals surface area contributed by atoms with Crippen LogP contribution in [0.4, 0.5) is 0 Å². The first-order valence-electron chi connectivity index (χ1n) is 8.87. The molecule has 1 aromatic rings. The molecule has 0 aromatic carbocycles. The van der Waals surface area contributed by atoms with Gasteiger partial charge in [0.1, 0.15) is 11.9 Å². The Kier molecular flexibility index (Phi) is 3.93. The summed E-state index contributed by atoms with van der Waals surface area (Å²) in [5.74, 6) is 0.143. The summed E-state index contributed by atoms with van der Waals surface area (Å²) in [6.45, 7) is 3.00.